The average Bonchev–Trinajstić information content (AvgIpc) is 2.18. The summed E-state index contributed by atoms with van der Waals surface area (Å²) < 4.78 is 0. The normalized spacial score (nSPS) is 17.9. The minimum atomic E-state index is -0.258. The predicted octanol–water partition coefficient (Wildman–Crippen LogP) is -0.575. The molecule has 1 rings (SSSR count). The number of hydrogen-bond acceptors (Lipinski definition) is 4. The zero-order chi connectivity index (χ0) is 11.3. The molecule has 5 heteroatoms. The number of carbonyl (C=O) groups excluding carboxylic acids is 1. The largest absolute Gasteiger partial charge is 0.393 e. The van der Waals surface area contributed by atoms with Gasteiger partial charge in [0.05, 0.1) is 25.3 Å². The molecule has 1 heterocycles. The number of aliphatic hydroxyl groups is 1. The molecule has 0 aromatic carbocycles. The fourth-order valence-electron chi connectivity index (χ4n) is 1.62. The van der Waals surface area contributed by atoms with Gasteiger partial charge in [-0.25, -0.2) is 0 Å². The van der Waals surface area contributed by atoms with E-state index < -0.39 is 0 Å². The van der Waals surface area contributed by atoms with Crippen molar-refractivity contribution < 1.29 is 9.90 Å². The molecule has 0 unspecified atom stereocenters. The van der Waals surface area contributed by atoms with Crippen LogP contribution in [0, 0.1) is 11.3 Å². The smallest absolute Gasteiger partial charge is 0.236 e. The summed E-state index contributed by atoms with van der Waals surface area (Å²) in [6.07, 6.45) is 1.06. The Morgan fingerprint density at radius 3 is 2.73 bits per heavy atom. The summed E-state index contributed by atoms with van der Waals surface area (Å²) in [4.78, 5) is 15.1. The highest BCUT2D eigenvalue weighted by molar-refractivity contribution is 5.78. The predicted molar refractivity (Wildman–Crippen MR) is 54.9 cm³/mol. The van der Waals surface area contributed by atoms with Crippen molar-refractivity contribution in [2.75, 3.05) is 33.2 Å². The number of piperidine rings is 1. The molecule has 1 N–H and O–H groups in total. The number of nitriles is 1. The second-order valence-electron chi connectivity index (χ2n) is 3.94. The number of aliphatic hydroxyl groups excluding tert-OH is 1. The molecule has 0 aromatic heterocycles. The lowest BCUT2D eigenvalue weighted by atomic mass is 10.1. The second-order valence-corrected chi connectivity index (χ2v) is 3.94. The Kier molecular flexibility index (Phi) is 4.53. The topological polar surface area (TPSA) is 67.6 Å². The molecular weight excluding hydrogens is 194 g/mol. The highest BCUT2D eigenvalue weighted by Gasteiger charge is 2.21. The summed E-state index contributed by atoms with van der Waals surface area (Å²) in [5, 5.41) is 17.7. The van der Waals surface area contributed by atoms with Crippen molar-refractivity contribution in [2.24, 2.45) is 0 Å². The minimum absolute atomic E-state index is 0.0413. The maximum atomic E-state index is 11.7. The Balaban J connectivity index is 2.31. The van der Waals surface area contributed by atoms with Crippen LogP contribution >= 0.6 is 0 Å². The summed E-state index contributed by atoms with van der Waals surface area (Å²) in [5.41, 5.74) is 0. The second kappa shape index (κ2) is 5.69. The van der Waals surface area contributed by atoms with Crippen LogP contribution in [-0.2, 0) is 4.79 Å². The van der Waals surface area contributed by atoms with E-state index >= 15 is 0 Å². The van der Waals surface area contributed by atoms with E-state index in [-0.39, 0.29) is 25.1 Å². The molecular formula is C10H17N3O2. The Morgan fingerprint density at radius 1 is 1.60 bits per heavy atom. The van der Waals surface area contributed by atoms with Crippen molar-refractivity contribution in [3.05, 3.63) is 0 Å². The molecule has 1 saturated heterocycles. The highest BCUT2D eigenvalue weighted by Crippen LogP contribution is 2.09. The van der Waals surface area contributed by atoms with Crippen molar-refractivity contribution in [3.8, 4) is 6.07 Å². The Bertz CT molecular complexity index is 254. The standard InChI is InChI=1S/C10H17N3O2/c1-12(7-4-11)8-10(15)13-5-2-9(14)3-6-13/h9,14H,2-3,5-8H2,1H3. The Hall–Kier alpha value is -1.12. The number of amides is 1. The molecule has 0 atom stereocenters. The van der Waals surface area contributed by atoms with E-state index in [9.17, 15) is 9.90 Å². The number of hydrogen-bond donors (Lipinski definition) is 1. The molecule has 0 radical (unpaired) electrons. The van der Waals surface area contributed by atoms with Crippen LogP contribution < -0.4 is 0 Å². The van der Waals surface area contributed by atoms with Crippen LogP contribution in [0.5, 0.6) is 0 Å². The van der Waals surface area contributed by atoms with E-state index in [4.69, 9.17) is 5.26 Å². The van der Waals surface area contributed by atoms with Gasteiger partial charge in [0, 0.05) is 13.1 Å². The lowest BCUT2D eigenvalue weighted by molar-refractivity contribution is -0.133. The van der Waals surface area contributed by atoms with Gasteiger partial charge in [0.2, 0.25) is 5.91 Å². The number of likely N-dealkylation sites (tertiary alicyclic amines) is 1. The first-order valence-corrected chi connectivity index (χ1v) is 5.15. The third kappa shape index (κ3) is 3.86. The lowest BCUT2D eigenvalue weighted by Gasteiger charge is -2.30. The first-order chi connectivity index (χ1) is 7.13. The monoisotopic (exact) mass is 211 g/mol. The van der Waals surface area contributed by atoms with Crippen molar-refractivity contribution in [1.82, 2.24) is 9.80 Å². The van der Waals surface area contributed by atoms with E-state index in [1.807, 2.05) is 6.07 Å². The van der Waals surface area contributed by atoms with Crippen LogP contribution in [0.15, 0.2) is 0 Å². The number of nitrogens with zero attached hydrogens (tertiary/aromatic N) is 3. The number of rotatable bonds is 3. The van der Waals surface area contributed by atoms with Crippen molar-refractivity contribution in [2.45, 2.75) is 18.9 Å². The molecule has 84 valence electrons. The maximum absolute atomic E-state index is 11.7. The number of likely N-dealkylation sites (N-methyl/N-ethyl adjacent to an activating group) is 1. The van der Waals surface area contributed by atoms with Gasteiger partial charge in [-0.15, -0.1) is 0 Å². The summed E-state index contributed by atoms with van der Waals surface area (Å²) >= 11 is 0. The lowest BCUT2D eigenvalue weighted by Crippen LogP contribution is -2.44. The van der Waals surface area contributed by atoms with Gasteiger partial charge in [-0.2, -0.15) is 5.26 Å². The molecule has 0 spiro atoms. The maximum Gasteiger partial charge on any atom is 0.236 e. The van der Waals surface area contributed by atoms with Gasteiger partial charge in [0.1, 0.15) is 0 Å². The van der Waals surface area contributed by atoms with E-state index in [1.54, 1.807) is 16.8 Å². The molecule has 1 aliphatic rings. The third-order valence-corrected chi connectivity index (χ3v) is 2.56. The zero-order valence-electron chi connectivity index (χ0n) is 9.02. The fourth-order valence-corrected chi connectivity index (χ4v) is 1.62. The SMILES string of the molecule is CN(CC#N)CC(=O)N1CCC(O)CC1. The van der Waals surface area contributed by atoms with Crippen LogP contribution in [-0.4, -0.2) is 60.1 Å². The summed E-state index contributed by atoms with van der Waals surface area (Å²) in [5.74, 6) is 0.0413. The molecule has 1 amide bonds. The van der Waals surface area contributed by atoms with Gasteiger partial charge in [0.25, 0.3) is 0 Å². The van der Waals surface area contributed by atoms with Crippen molar-refractivity contribution >= 4 is 5.91 Å². The van der Waals surface area contributed by atoms with Crippen LogP contribution in [0.25, 0.3) is 0 Å². The van der Waals surface area contributed by atoms with Gasteiger partial charge in [-0.05, 0) is 19.9 Å². The quantitative estimate of drug-likeness (QED) is 0.634. The molecule has 0 bridgehead atoms. The zero-order valence-corrected chi connectivity index (χ0v) is 9.02. The third-order valence-electron chi connectivity index (χ3n) is 2.56. The number of carbonyl (C=O) groups is 1. The Labute approximate surface area is 89.9 Å². The van der Waals surface area contributed by atoms with Crippen LogP contribution in [0.1, 0.15) is 12.8 Å². The first kappa shape index (κ1) is 12.0. The minimum Gasteiger partial charge on any atom is -0.393 e. The van der Waals surface area contributed by atoms with Gasteiger partial charge in [-0.3, -0.25) is 9.69 Å². The average molecular weight is 211 g/mol. The van der Waals surface area contributed by atoms with E-state index in [2.05, 4.69) is 0 Å². The molecule has 0 aromatic rings. The molecule has 0 saturated carbocycles. The van der Waals surface area contributed by atoms with Gasteiger partial charge < -0.3 is 10.0 Å². The summed E-state index contributed by atoms with van der Waals surface area (Å²) in [7, 11) is 1.75. The first-order valence-electron chi connectivity index (χ1n) is 5.15. The molecule has 1 aliphatic heterocycles. The van der Waals surface area contributed by atoms with Crippen LogP contribution in [0.4, 0.5) is 0 Å². The molecule has 1 fully saturated rings. The van der Waals surface area contributed by atoms with Gasteiger partial charge in [0.15, 0.2) is 0 Å². The highest BCUT2D eigenvalue weighted by atomic mass is 16.3. The van der Waals surface area contributed by atoms with E-state index in [0.717, 1.165) is 0 Å². The molecule has 15 heavy (non-hydrogen) atoms. The van der Waals surface area contributed by atoms with E-state index in [1.165, 1.54) is 0 Å². The molecule has 0 aliphatic carbocycles. The van der Waals surface area contributed by atoms with Crippen molar-refractivity contribution in [3.63, 3.8) is 0 Å². The van der Waals surface area contributed by atoms with Crippen LogP contribution in [0.2, 0.25) is 0 Å². The van der Waals surface area contributed by atoms with Gasteiger partial charge in [-0.1, -0.05) is 0 Å². The Morgan fingerprint density at radius 2 is 2.20 bits per heavy atom. The van der Waals surface area contributed by atoms with Crippen molar-refractivity contribution in [1.29, 1.82) is 5.26 Å². The molecule has 5 nitrogen and oxygen atoms in total. The summed E-state index contributed by atoms with van der Waals surface area (Å²) in [6, 6.07) is 2.00. The van der Waals surface area contributed by atoms with Gasteiger partial charge >= 0.3 is 0 Å². The van der Waals surface area contributed by atoms with E-state index in [0.29, 0.717) is 25.9 Å². The summed E-state index contributed by atoms with van der Waals surface area (Å²) in [6.45, 7) is 1.80. The fraction of sp³-hybridized carbons (Fsp3) is 0.800. The van der Waals surface area contributed by atoms with Crippen LogP contribution in [0.3, 0.4) is 0 Å².